The van der Waals surface area contributed by atoms with Gasteiger partial charge in [0.05, 0.1) is 16.7 Å². The Morgan fingerprint density at radius 1 is 1.15 bits per heavy atom. The Morgan fingerprint density at radius 2 is 1.85 bits per heavy atom. The maximum Gasteiger partial charge on any atom is 0.341 e. The largest absolute Gasteiger partial charge is 0.459 e. The van der Waals surface area contributed by atoms with Crippen molar-refractivity contribution >= 4 is 39.8 Å². The van der Waals surface area contributed by atoms with Crippen LogP contribution in [-0.4, -0.2) is 50.7 Å². The minimum Gasteiger partial charge on any atom is -0.459 e. The van der Waals surface area contributed by atoms with E-state index in [1.165, 1.54) is 32.1 Å². The second-order valence-electron chi connectivity index (χ2n) is 9.52. The summed E-state index contributed by atoms with van der Waals surface area (Å²) in [6, 6.07) is 4.89. The predicted molar refractivity (Wildman–Crippen MR) is 132 cm³/mol. The number of aryl methyl sites for hydroxylation is 1. The molecule has 1 saturated heterocycles. The molecule has 1 amide bonds. The molecule has 6 nitrogen and oxygen atoms in total. The normalized spacial score (nSPS) is 20.1. The molecule has 1 aliphatic carbocycles. The zero-order chi connectivity index (χ0) is 24.2. The molecule has 184 valence electrons. The smallest absolute Gasteiger partial charge is 0.341 e. The highest BCUT2D eigenvalue weighted by Crippen LogP contribution is 2.38. The monoisotopic (exact) mass is 509 g/mol. The number of anilines is 1. The number of carbonyl (C=O) groups excluding carboxylic acids is 2. The molecule has 34 heavy (non-hydrogen) atoms. The molecule has 0 spiro atoms. The molecular formula is C25H33ClFN3O3S+2. The van der Waals surface area contributed by atoms with Crippen molar-refractivity contribution in [1.82, 2.24) is 0 Å². The van der Waals surface area contributed by atoms with Crippen LogP contribution < -0.4 is 15.1 Å². The van der Waals surface area contributed by atoms with Crippen molar-refractivity contribution in [3.63, 3.8) is 0 Å². The van der Waals surface area contributed by atoms with Crippen LogP contribution in [0.15, 0.2) is 18.2 Å². The molecule has 3 N–H and O–H groups in total. The van der Waals surface area contributed by atoms with Crippen LogP contribution in [0.3, 0.4) is 0 Å². The molecule has 1 fully saturated rings. The highest BCUT2D eigenvalue weighted by atomic mass is 35.5. The first-order chi connectivity index (χ1) is 16.3. The van der Waals surface area contributed by atoms with Gasteiger partial charge in [-0.1, -0.05) is 17.7 Å². The third-order valence-corrected chi connectivity index (χ3v) is 7.98. The van der Waals surface area contributed by atoms with Crippen LogP contribution in [-0.2, 0) is 28.9 Å². The van der Waals surface area contributed by atoms with Crippen LogP contribution in [0.5, 0.6) is 0 Å². The number of fused-ring (bicyclic) bond motifs is 1. The minimum atomic E-state index is -0.395. The van der Waals surface area contributed by atoms with Crippen molar-refractivity contribution in [1.29, 1.82) is 0 Å². The van der Waals surface area contributed by atoms with Gasteiger partial charge in [0.25, 0.3) is 5.91 Å². The van der Waals surface area contributed by atoms with E-state index in [0.29, 0.717) is 17.1 Å². The van der Waals surface area contributed by atoms with Gasteiger partial charge in [-0.3, -0.25) is 4.79 Å². The van der Waals surface area contributed by atoms with E-state index in [2.05, 4.69) is 5.32 Å². The molecule has 2 heterocycles. The zero-order valence-electron chi connectivity index (χ0n) is 19.8. The van der Waals surface area contributed by atoms with Gasteiger partial charge in [0.1, 0.15) is 43.5 Å². The third-order valence-electron chi connectivity index (χ3n) is 6.48. The Labute approximate surface area is 209 Å². The number of hydrogen-bond acceptors (Lipinski definition) is 4. The lowest BCUT2D eigenvalue weighted by atomic mass is 9.95. The summed E-state index contributed by atoms with van der Waals surface area (Å²) in [4.78, 5) is 29.5. The number of quaternary nitrogens is 2. The fraction of sp³-hybridized carbons (Fsp3) is 0.520. The van der Waals surface area contributed by atoms with Crippen molar-refractivity contribution in [2.75, 3.05) is 38.0 Å². The number of halogens is 2. The van der Waals surface area contributed by atoms with Gasteiger partial charge in [-0.05, 0) is 57.2 Å². The Bertz CT molecular complexity index is 1050. The van der Waals surface area contributed by atoms with E-state index >= 15 is 0 Å². The predicted octanol–water partition coefficient (Wildman–Crippen LogP) is 1.91. The van der Waals surface area contributed by atoms with Gasteiger partial charge in [0.15, 0.2) is 6.54 Å². The maximum absolute atomic E-state index is 13.4. The Kier molecular flexibility index (Phi) is 8.24. The van der Waals surface area contributed by atoms with Crippen LogP contribution in [0.1, 0.15) is 53.1 Å². The summed E-state index contributed by atoms with van der Waals surface area (Å²) in [6.45, 7) is 8.45. The standard InChI is InChI=1S/C25H31ClFN3O3S/c1-16(2)33-25(32)23-18-5-3-4-6-21(18)34-24(23)28-22(31)15-30-11-9-29(10-12-30)14-17-7-8-20(27)19(26)13-17/h7-8,13,16H,3-6,9-12,14-15H2,1-2H3,(H,28,31)/p+2. The highest BCUT2D eigenvalue weighted by molar-refractivity contribution is 7.17. The Balaban J connectivity index is 1.33. The van der Waals surface area contributed by atoms with E-state index < -0.39 is 5.82 Å². The lowest BCUT2D eigenvalue weighted by Crippen LogP contribution is -3.28. The summed E-state index contributed by atoms with van der Waals surface area (Å²) >= 11 is 7.43. The van der Waals surface area contributed by atoms with E-state index in [1.807, 2.05) is 13.8 Å². The average Bonchev–Trinajstić information content (AvgIpc) is 3.15. The lowest BCUT2D eigenvalue weighted by Gasteiger charge is -2.29. The molecule has 2 aliphatic rings. The summed E-state index contributed by atoms with van der Waals surface area (Å²) in [6.07, 6.45) is 3.77. The van der Waals surface area contributed by atoms with Gasteiger partial charge in [-0.2, -0.15) is 0 Å². The molecule has 1 aliphatic heterocycles. The van der Waals surface area contributed by atoms with E-state index in [1.54, 1.807) is 12.1 Å². The first-order valence-electron chi connectivity index (χ1n) is 12.1. The van der Waals surface area contributed by atoms with Gasteiger partial charge < -0.3 is 19.9 Å². The maximum atomic E-state index is 13.4. The number of ether oxygens (including phenoxy) is 1. The molecule has 0 atom stereocenters. The first kappa shape index (κ1) is 25.1. The number of rotatable bonds is 7. The van der Waals surface area contributed by atoms with Gasteiger partial charge in [-0.25, -0.2) is 9.18 Å². The number of benzene rings is 1. The quantitative estimate of drug-likeness (QED) is 0.500. The summed E-state index contributed by atoms with van der Waals surface area (Å²) in [5.41, 5.74) is 2.64. The molecule has 0 unspecified atom stereocenters. The lowest BCUT2D eigenvalue weighted by molar-refractivity contribution is -1.02. The number of nitrogens with one attached hydrogen (secondary N) is 3. The molecule has 1 aromatic heterocycles. The van der Waals surface area contributed by atoms with E-state index in [0.717, 1.165) is 69.5 Å². The number of carbonyl (C=O) groups is 2. The third kappa shape index (κ3) is 6.16. The second-order valence-corrected chi connectivity index (χ2v) is 11.0. The average molecular weight is 510 g/mol. The van der Waals surface area contributed by atoms with Gasteiger partial charge in [0.2, 0.25) is 0 Å². The topological polar surface area (TPSA) is 64.3 Å². The van der Waals surface area contributed by atoms with Crippen LogP contribution in [0, 0.1) is 5.82 Å². The molecule has 4 rings (SSSR count). The van der Waals surface area contributed by atoms with E-state index in [-0.39, 0.29) is 23.0 Å². The molecule has 9 heteroatoms. The Morgan fingerprint density at radius 3 is 2.56 bits per heavy atom. The summed E-state index contributed by atoms with van der Waals surface area (Å²) in [5, 5.41) is 3.83. The van der Waals surface area contributed by atoms with Crippen molar-refractivity contribution < 1.29 is 28.5 Å². The fourth-order valence-electron chi connectivity index (χ4n) is 4.79. The van der Waals surface area contributed by atoms with Crippen molar-refractivity contribution in [3.8, 4) is 0 Å². The number of thiophene rings is 1. The van der Waals surface area contributed by atoms with Crippen LogP contribution in [0.25, 0.3) is 0 Å². The number of hydrogen-bond donors (Lipinski definition) is 3. The second kappa shape index (κ2) is 11.2. The van der Waals surface area contributed by atoms with E-state index in [4.69, 9.17) is 16.3 Å². The van der Waals surface area contributed by atoms with Crippen molar-refractivity contribution in [2.45, 2.75) is 52.2 Å². The first-order valence-corrected chi connectivity index (χ1v) is 13.3. The molecular weight excluding hydrogens is 477 g/mol. The molecule has 0 bridgehead atoms. The SMILES string of the molecule is CC(C)OC(=O)c1c(NC(=O)C[NH+]2CC[NH+](Cc3ccc(F)c(Cl)c3)CC2)sc2c1CCCC2. The van der Waals surface area contributed by atoms with Gasteiger partial charge in [0, 0.05) is 10.4 Å². The van der Waals surface area contributed by atoms with Gasteiger partial charge in [-0.15, -0.1) is 11.3 Å². The van der Waals surface area contributed by atoms with Crippen LogP contribution >= 0.6 is 22.9 Å². The summed E-state index contributed by atoms with van der Waals surface area (Å²) < 4.78 is 18.9. The number of piperazine rings is 1. The van der Waals surface area contributed by atoms with Crippen molar-refractivity contribution in [2.24, 2.45) is 0 Å². The fourth-order valence-corrected chi connectivity index (χ4v) is 6.29. The highest BCUT2D eigenvalue weighted by Gasteiger charge is 2.30. The summed E-state index contributed by atoms with van der Waals surface area (Å²) in [5.74, 6) is -0.802. The number of esters is 1. The summed E-state index contributed by atoms with van der Waals surface area (Å²) in [7, 11) is 0. The minimum absolute atomic E-state index is 0.0686. The molecule has 2 aromatic rings. The molecule has 0 saturated carbocycles. The zero-order valence-corrected chi connectivity index (χ0v) is 21.3. The Hall–Kier alpha value is -2.00. The van der Waals surface area contributed by atoms with E-state index in [9.17, 15) is 14.0 Å². The van der Waals surface area contributed by atoms with Crippen molar-refractivity contribution in [3.05, 3.63) is 50.6 Å². The number of amides is 1. The molecule has 0 radical (unpaired) electrons. The van der Waals surface area contributed by atoms with Crippen LogP contribution in [0.2, 0.25) is 5.02 Å². The molecule has 1 aromatic carbocycles. The van der Waals surface area contributed by atoms with Crippen LogP contribution in [0.4, 0.5) is 9.39 Å². The van der Waals surface area contributed by atoms with Gasteiger partial charge >= 0.3 is 5.97 Å².